The molecule has 0 saturated carbocycles. The zero-order chi connectivity index (χ0) is 23.4. The van der Waals surface area contributed by atoms with E-state index in [1.807, 2.05) is 42.5 Å². The molecule has 4 aromatic rings. The normalized spacial score (nSPS) is 11.8. The highest BCUT2D eigenvalue weighted by molar-refractivity contribution is 5.97. The fourth-order valence-electron chi connectivity index (χ4n) is 3.77. The van der Waals surface area contributed by atoms with E-state index in [4.69, 9.17) is 14.6 Å². The van der Waals surface area contributed by atoms with Gasteiger partial charge in [-0.2, -0.15) is 0 Å². The third-order valence-electron chi connectivity index (χ3n) is 5.45. The monoisotopic (exact) mass is 444 g/mol. The van der Waals surface area contributed by atoms with Crippen molar-refractivity contribution in [3.63, 3.8) is 0 Å². The van der Waals surface area contributed by atoms with Crippen LogP contribution in [0.25, 0.3) is 21.9 Å². The number of fused-ring (bicyclic) bond motifs is 1. The van der Waals surface area contributed by atoms with Gasteiger partial charge in [-0.1, -0.05) is 43.7 Å². The summed E-state index contributed by atoms with van der Waals surface area (Å²) >= 11 is 0. The summed E-state index contributed by atoms with van der Waals surface area (Å²) in [6.07, 6.45) is 0.845. The Morgan fingerprint density at radius 2 is 1.73 bits per heavy atom. The molecule has 0 aliphatic rings. The van der Waals surface area contributed by atoms with Crippen LogP contribution in [0.4, 0.5) is 4.39 Å². The van der Waals surface area contributed by atoms with Gasteiger partial charge in [-0.25, -0.2) is 9.18 Å². The minimum atomic E-state index is -1.01. The van der Waals surface area contributed by atoms with Gasteiger partial charge in [0.15, 0.2) is 6.10 Å². The first-order chi connectivity index (χ1) is 15.9. The van der Waals surface area contributed by atoms with E-state index in [2.05, 4.69) is 13.0 Å². The number of hydrogen-bond donors (Lipinski definition) is 1. The molecular weight excluding hydrogens is 419 g/mol. The Balaban J connectivity index is 1.72. The molecule has 5 heteroatoms. The SMILES string of the molecule is CCCc1cc(-c2cccc3ccc(O[C@@H](C)C(=O)O)cc23)ccc1Oc1ccc(F)cc1. The van der Waals surface area contributed by atoms with Crippen LogP contribution in [0.3, 0.4) is 0 Å². The smallest absolute Gasteiger partial charge is 0.344 e. The second-order valence-corrected chi connectivity index (χ2v) is 7.92. The van der Waals surface area contributed by atoms with Gasteiger partial charge in [0.25, 0.3) is 0 Å². The first-order valence-electron chi connectivity index (χ1n) is 10.9. The van der Waals surface area contributed by atoms with Crippen molar-refractivity contribution in [2.45, 2.75) is 32.8 Å². The minimum Gasteiger partial charge on any atom is -0.479 e. The van der Waals surface area contributed by atoms with Gasteiger partial charge in [-0.15, -0.1) is 0 Å². The maximum Gasteiger partial charge on any atom is 0.344 e. The van der Waals surface area contributed by atoms with Crippen LogP contribution in [-0.2, 0) is 11.2 Å². The summed E-state index contributed by atoms with van der Waals surface area (Å²) in [5.41, 5.74) is 3.11. The Morgan fingerprint density at radius 1 is 0.970 bits per heavy atom. The summed E-state index contributed by atoms with van der Waals surface area (Å²) in [7, 11) is 0. The van der Waals surface area contributed by atoms with E-state index in [0.717, 1.165) is 46.1 Å². The first kappa shape index (κ1) is 22.3. The highest BCUT2D eigenvalue weighted by Gasteiger charge is 2.14. The number of aliphatic carboxylic acids is 1. The van der Waals surface area contributed by atoms with E-state index >= 15 is 0 Å². The molecule has 0 bridgehead atoms. The molecule has 1 N–H and O–H groups in total. The van der Waals surface area contributed by atoms with Crippen LogP contribution in [0.15, 0.2) is 78.9 Å². The third-order valence-corrected chi connectivity index (χ3v) is 5.45. The molecule has 1 atom stereocenters. The fourth-order valence-corrected chi connectivity index (χ4v) is 3.77. The molecule has 0 fully saturated rings. The third kappa shape index (κ3) is 5.14. The molecule has 33 heavy (non-hydrogen) atoms. The number of benzene rings is 4. The molecule has 0 radical (unpaired) electrons. The quantitative estimate of drug-likeness (QED) is 0.311. The van der Waals surface area contributed by atoms with Crippen molar-refractivity contribution in [3.8, 4) is 28.4 Å². The molecular formula is C28H25FO4. The Kier molecular flexibility index (Phi) is 6.59. The molecule has 0 spiro atoms. The van der Waals surface area contributed by atoms with Gasteiger partial charge in [0, 0.05) is 0 Å². The van der Waals surface area contributed by atoms with E-state index in [1.54, 1.807) is 18.2 Å². The molecule has 4 nitrogen and oxygen atoms in total. The van der Waals surface area contributed by atoms with Gasteiger partial charge in [-0.05, 0) is 89.3 Å². The molecule has 0 saturated heterocycles. The van der Waals surface area contributed by atoms with Crippen LogP contribution < -0.4 is 9.47 Å². The van der Waals surface area contributed by atoms with E-state index in [-0.39, 0.29) is 5.82 Å². The maximum atomic E-state index is 13.2. The summed E-state index contributed by atoms with van der Waals surface area (Å²) in [6.45, 7) is 3.62. The highest BCUT2D eigenvalue weighted by atomic mass is 19.1. The zero-order valence-corrected chi connectivity index (χ0v) is 18.5. The number of carboxylic acids is 1. The number of carboxylic acid groups (broad SMARTS) is 1. The molecule has 0 aliphatic heterocycles. The topological polar surface area (TPSA) is 55.8 Å². The number of ether oxygens (including phenoxy) is 2. The lowest BCUT2D eigenvalue weighted by molar-refractivity contribution is -0.144. The van der Waals surface area contributed by atoms with Crippen molar-refractivity contribution in [1.82, 2.24) is 0 Å². The lowest BCUT2D eigenvalue weighted by Gasteiger charge is -2.15. The van der Waals surface area contributed by atoms with Crippen LogP contribution in [0.5, 0.6) is 17.2 Å². The second-order valence-electron chi connectivity index (χ2n) is 7.92. The molecule has 0 aliphatic carbocycles. The largest absolute Gasteiger partial charge is 0.479 e. The summed E-state index contributed by atoms with van der Waals surface area (Å²) in [5.74, 6) is 0.524. The molecule has 0 unspecified atom stereocenters. The molecule has 0 amide bonds. The summed E-state index contributed by atoms with van der Waals surface area (Å²) in [6, 6.07) is 23.7. The Hall–Kier alpha value is -3.86. The van der Waals surface area contributed by atoms with E-state index in [0.29, 0.717) is 11.5 Å². The fraction of sp³-hybridized carbons (Fsp3) is 0.179. The predicted octanol–water partition coefficient (Wildman–Crippen LogP) is 7.24. The number of hydrogen-bond acceptors (Lipinski definition) is 3. The predicted molar refractivity (Wildman–Crippen MR) is 128 cm³/mol. The Bertz CT molecular complexity index is 1280. The summed E-state index contributed by atoms with van der Waals surface area (Å²) < 4.78 is 24.9. The Labute approximate surface area is 192 Å². The number of aryl methyl sites for hydroxylation is 1. The van der Waals surface area contributed by atoms with Gasteiger partial charge >= 0.3 is 5.97 Å². The van der Waals surface area contributed by atoms with Crippen molar-refractivity contribution in [3.05, 3.63) is 90.2 Å². The van der Waals surface area contributed by atoms with Crippen LogP contribution in [0, 0.1) is 5.82 Å². The van der Waals surface area contributed by atoms with Crippen LogP contribution in [-0.4, -0.2) is 17.2 Å². The molecule has 168 valence electrons. The van der Waals surface area contributed by atoms with Crippen LogP contribution >= 0.6 is 0 Å². The van der Waals surface area contributed by atoms with Gasteiger partial charge in [0.05, 0.1) is 0 Å². The lowest BCUT2D eigenvalue weighted by Crippen LogP contribution is -2.22. The minimum absolute atomic E-state index is 0.302. The van der Waals surface area contributed by atoms with Gasteiger partial charge in [-0.3, -0.25) is 0 Å². The maximum absolute atomic E-state index is 13.2. The van der Waals surface area contributed by atoms with Gasteiger partial charge < -0.3 is 14.6 Å². The van der Waals surface area contributed by atoms with Crippen molar-refractivity contribution < 1.29 is 23.8 Å². The molecule has 0 aromatic heterocycles. The highest BCUT2D eigenvalue weighted by Crippen LogP contribution is 2.35. The van der Waals surface area contributed by atoms with E-state index in [9.17, 15) is 9.18 Å². The average molecular weight is 445 g/mol. The van der Waals surface area contributed by atoms with Crippen LogP contribution in [0.2, 0.25) is 0 Å². The van der Waals surface area contributed by atoms with Crippen molar-refractivity contribution in [2.75, 3.05) is 0 Å². The van der Waals surface area contributed by atoms with Gasteiger partial charge in [0.2, 0.25) is 0 Å². The standard InChI is InChI=1S/C28H25FO4/c1-3-5-21-16-20(9-15-27(21)33-23-13-10-22(29)11-14-23)25-7-4-6-19-8-12-24(17-26(19)25)32-18(2)28(30)31/h4,6-18H,3,5H2,1-2H3,(H,30,31)/t18-/m0/s1. The average Bonchev–Trinajstić information content (AvgIpc) is 2.81. The van der Waals surface area contributed by atoms with Crippen molar-refractivity contribution in [1.29, 1.82) is 0 Å². The molecule has 4 aromatic carbocycles. The van der Waals surface area contributed by atoms with Crippen LogP contribution in [0.1, 0.15) is 25.8 Å². The summed E-state index contributed by atoms with van der Waals surface area (Å²) in [5, 5.41) is 11.2. The zero-order valence-electron chi connectivity index (χ0n) is 18.5. The number of rotatable bonds is 8. The van der Waals surface area contributed by atoms with Crippen molar-refractivity contribution >= 4 is 16.7 Å². The second kappa shape index (κ2) is 9.74. The van der Waals surface area contributed by atoms with Crippen molar-refractivity contribution in [2.24, 2.45) is 0 Å². The van der Waals surface area contributed by atoms with E-state index in [1.165, 1.54) is 19.1 Å². The Morgan fingerprint density at radius 3 is 2.45 bits per heavy atom. The number of carbonyl (C=O) groups is 1. The molecule has 4 rings (SSSR count). The summed E-state index contributed by atoms with van der Waals surface area (Å²) in [4.78, 5) is 11.2. The van der Waals surface area contributed by atoms with E-state index < -0.39 is 12.1 Å². The lowest BCUT2D eigenvalue weighted by atomic mass is 9.95. The van der Waals surface area contributed by atoms with Gasteiger partial charge in [0.1, 0.15) is 23.1 Å². The first-order valence-corrected chi connectivity index (χ1v) is 10.9. The molecule has 0 heterocycles. The number of halogens is 1.